The number of benzene rings is 1. The molecule has 1 aromatic rings. The first-order valence-corrected chi connectivity index (χ1v) is 6.94. The fourth-order valence-corrected chi connectivity index (χ4v) is 1.76. The van der Waals surface area contributed by atoms with Gasteiger partial charge in [0.15, 0.2) is 0 Å². The Morgan fingerprint density at radius 2 is 1.90 bits per heavy atom. The first kappa shape index (κ1) is 17.0. The maximum Gasteiger partial charge on any atom is 0.321 e. The van der Waals surface area contributed by atoms with Crippen molar-refractivity contribution in [3.05, 3.63) is 24.3 Å². The highest BCUT2D eigenvalue weighted by Crippen LogP contribution is 2.21. The molecular weight excluding hydrogens is 272 g/mol. The van der Waals surface area contributed by atoms with Gasteiger partial charge in [-0.3, -0.25) is 9.59 Å². The zero-order chi connectivity index (χ0) is 15.8. The molecule has 1 rings (SSSR count). The average Bonchev–Trinajstić information content (AvgIpc) is 2.39. The third kappa shape index (κ3) is 6.27. The maximum atomic E-state index is 11.9. The molecule has 0 aromatic heterocycles. The summed E-state index contributed by atoms with van der Waals surface area (Å²) in [6, 6.07) is 5.37. The molecule has 0 saturated heterocycles. The van der Waals surface area contributed by atoms with E-state index in [2.05, 4.69) is 10.6 Å². The Kier molecular flexibility index (Phi) is 6.68. The van der Waals surface area contributed by atoms with E-state index in [1.807, 2.05) is 13.8 Å². The number of phenols is 1. The van der Waals surface area contributed by atoms with E-state index in [0.717, 1.165) is 6.42 Å². The number of carboxylic acids is 1. The molecule has 0 saturated carbocycles. The number of amides is 1. The van der Waals surface area contributed by atoms with E-state index in [4.69, 9.17) is 5.11 Å². The van der Waals surface area contributed by atoms with Gasteiger partial charge in [0.2, 0.25) is 5.91 Å². The second kappa shape index (κ2) is 8.26. The van der Waals surface area contributed by atoms with Gasteiger partial charge < -0.3 is 20.8 Å². The van der Waals surface area contributed by atoms with Crippen molar-refractivity contribution in [2.45, 2.75) is 32.7 Å². The van der Waals surface area contributed by atoms with Crippen molar-refractivity contribution >= 4 is 17.6 Å². The Morgan fingerprint density at radius 3 is 2.48 bits per heavy atom. The molecule has 1 amide bonds. The predicted molar refractivity (Wildman–Crippen MR) is 80.2 cm³/mol. The van der Waals surface area contributed by atoms with Crippen LogP contribution in [0.3, 0.4) is 0 Å². The van der Waals surface area contributed by atoms with Gasteiger partial charge in [0.25, 0.3) is 0 Å². The quantitative estimate of drug-likeness (QED) is 0.548. The van der Waals surface area contributed by atoms with E-state index in [0.29, 0.717) is 12.5 Å². The van der Waals surface area contributed by atoms with Gasteiger partial charge in [0.05, 0.1) is 12.1 Å². The van der Waals surface area contributed by atoms with E-state index < -0.39 is 17.9 Å². The summed E-state index contributed by atoms with van der Waals surface area (Å²) >= 11 is 0. The number of carbonyl (C=O) groups excluding carboxylic acids is 1. The molecular formula is C15H22N2O4. The highest BCUT2D eigenvalue weighted by Gasteiger charge is 2.21. The highest BCUT2D eigenvalue weighted by atomic mass is 16.4. The second-order valence-electron chi connectivity index (χ2n) is 5.30. The molecule has 0 aliphatic carbocycles. The average molecular weight is 294 g/mol. The number of nitrogens with one attached hydrogen (secondary N) is 2. The Morgan fingerprint density at radius 1 is 1.24 bits per heavy atom. The number of aromatic hydroxyl groups is 1. The lowest BCUT2D eigenvalue weighted by atomic mass is 10.1. The van der Waals surface area contributed by atoms with Gasteiger partial charge in [-0.05, 0) is 31.0 Å². The van der Waals surface area contributed by atoms with Crippen molar-refractivity contribution < 1.29 is 19.8 Å². The van der Waals surface area contributed by atoms with E-state index in [1.54, 1.807) is 18.2 Å². The molecule has 0 aliphatic heterocycles. The summed E-state index contributed by atoms with van der Waals surface area (Å²) in [6.45, 7) is 4.63. The highest BCUT2D eigenvalue weighted by molar-refractivity contribution is 5.95. The van der Waals surface area contributed by atoms with E-state index in [-0.39, 0.29) is 17.9 Å². The molecule has 0 aliphatic rings. The van der Waals surface area contributed by atoms with E-state index in [1.165, 1.54) is 6.07 Å². The molecule has 1 aromatic carbocycles. The molecule has 6 nitrogen and oxygen atoms in total. The van der Waals surface area contributed by atoms with Crippen molar-refractivity contribution in [1.82, 2.24) is 5.32 Å². The van der Waals surface area contributed by atoms with Crippen LogP contribution < -0.4 is 10.6 Å². The Bertz CT molecular complexity index is 488. The molecule has 0 radical (unpaired) electrons. The SMILES string of the molecule is CC(C)CCNC(CC(=O)Nc1ccccc1O)C(=O)O. The normalized spacial score (nSPS) is 12.1. The van der Waals surface area contributed by atoms with Crippen LogP contribution in [0.2, 0.25) is 0 Å². The van der Waals surface area contributed by atoms with Gasteiger partial charge in [0, 0.05) is 0 Å². The summed E-state index contributed by atoms with van der Waals surface area (Å²) in [5.74, 6) is -1.11. The van der Waals surface area contributed by atoms with Crippen LogP contribution >= 0.6 is 0 Å². The lowest BCUT2D eigenvalue weighted by Crippen LogP contribution is -2.40. The fraction of sp³-hybridized carbons (Fsp3) is 0.467. The van der Waals surface area contributed by atoms with Crippen LogP contribution in [-0.4, -0.2) is 34.7 Å². The van der Waals surface area contributed by atoms with Crippen molar-refractivity contribution in [2.24, 2.45) is 5.92 Å². The second-order valence-corrected chi connectivity index (χ2v) is 5.30. The molecule has 0 heterocycles. The lowest BCUT2D eigenvalue weighted by molar-refractivity contribution is -0.141. The topological polar surface area (TPSA) is 98.7 Å². The molecule has 4 N–H and O–H groups in total. The summed E-state index contributed by atoms with van der Waals surface area (Å²) in [5.41, 5.74) is 0.272. The molecule has 21 heavy (non-hydrogen) atoms. The van der Waals surface area contributed by atoms with Gasteiger partial charge in [0.1, 0.15) is 11.8 Å². The largest absolute Gasteiger partial charge is 0.506 e. The van der Waals surface area contributed by atoms with Crippen LogP contribution in [0.5, 0.6) is 5.75 Å². The third-order valence-electron chi connectivity index (χ3n) is 2.98. The van der Waals surface area contributed by atoms with Crippen molar-refractivity contribution in [1.29, 1.82) is 0 Å². The standard InChI is InChI=1S/C15H22N2O4/c1-10(2)7-8-16-12(15(20)21)9-14(19)17-11-5-3-4-6-13(11)18/h3-6,10,12,16,18H,7-9H2,1-2H3,(H,17,19)(H,20,21). The number of rotatable bonds is 8. The minimum atomic E-state index is -1.06. The van der Waals surface area contributed by atoms with Gasteiger partial charge >= 0.3 is 5.97 Å². The zero-order valence-corrected chi connectivity index (χ0v) is 12.3. The van der Waals surface area contributed by atoms with Gasteiger partial charge in [-0.2, -0.15) is 0 Å². The summed E-state index contributed by atoms with van der Waals surface area (Å²) in [7, 11) is 0. The van der Waals surface area contributed by atoms with Crippen molar-refractivity contribution in [3.63, 3.8) is 0 Å². The molecule has 116 valence electrons. The first-order chi connectivity index (χ1) is 9.90. The van der Waals surface area contributed by atoms with Crippen LogP contribution in [-0.2, 0) is 9.59 Å². The van der Waals surface area contributed by atoms with Crippen LogP contribution in [0.15, 0.2) is 24.3 Å². The Labute approximate surface area is 124 Å². The first-order valence-electron chi connectivity index (χ1n) is 6.94. The molecule has 0 fully saturated rings. The van der Waals surface area contributed by atoms with Gasteiger partial charge in [-0.15, -0.1) is 0 Å². The van der Waals surface area contributed by atoms with E-state index >= 15 is 0 Å². The van der Waals surface area contributed by atoms with Crippen molar-refractivity contribution in [3.8, 4) is 5.75 Å². The number of carboxylic acid groups (broad SMARTS) is 1. The molecule has 6 heteroatoms. The number of aliphatic carboxylic acids is 1. The van der Waals surface area contributed by atoms with Gasteiger partial charge in [-0.1, -0.05) is 26.0 Å². The number of para-hydroxylation sites is 2. The van der Waals surface area contributed by atoms with Gasteiger partial charge in [-0.25, -0.2) is 0 Å². The van der Waals surface area contributed by atoms with Crippen molar-refractivity contribution in [2.75, 3.05) is 11.9 Å². The van der Waals surface area contributed by atoms with E-state index in [9.17, 15) is 14.7 Å². The number of carbonyl (C=O) groups is 2. The molecule has 0 bridgehead atoms. The van der Waals surface area contributed by atoms with Crippen LogP contribution in [0.25, 0.3) is 0 Å². The minimum Gasteiger partial charge on any atom is -0.506 e. The summed E-state index contributed by atoms with van der Waals surface area (Å²) in [4.78, 5) is 23.0. The third-order valence-corrected chi connectivity index (χ3v) is 2.98. The monoisotopic (exact) mass is 294 g/mol. The summed E-state index contributed by atoms with van der Waals surface area (Å²) in [5, 5.41) is 24.0. The smallest absolute Gasteiger partial charge is 0.321 e. The van der Waals surface area contributed by atoms with Crippen LogP contribution in [0.4, 0.5) is 5.69 Å². The molecule has 1 atom stereocenters. The lowest BCUT2D eigenvalue weighted by Gasteiger charge is -2.15. The number of phenolic OH excluding ortho intramolecular Hbond substituents is 1. The molecule has 1 unspecified atom stereocenters. The zero-order valence-electron chi connectivity index (χ0n) is 12.3. The number of anilines is 1. The minimum absolute atomic E-state index is 0.0505. The van der Waals surface area contributed by atoms with Crippen LogP contribution in [0, 0.1) is 5.92 Å². The maximum absolute atomic E-state index is 11.9. The Balaban J connectivity index is 2.53. The number of hydrogen-bond acceptors (Lipinski definition) is 4. The predicted octanol–water partition coefficient (Wildman–Crippen LogP) is 1.81. The Hall–Kier alpha value is -2.08. The fourth-order valence-electron chi connectivity index (χ4n) is 1.76. The summed E-state index contributed by atoms with van der Waals surface area (Å²) in [6.07, 6.45) is 0.645. The summed E-state index contributed by atoms with van der Waals surface area (Å²) < 4.78 is 0. The van der Waals surface area contributed by atoms with Crippen LogP contribution in [0.1, 0.15) is 26.7 Å². The number of hydrogen-bond donors (Lipinski definition) is 4. The molecule has 0 spiro atoms.